The number of rotatable bonds is 1. The lowest BCUT2D eigenvalue weighted by molar-refractivity contribution is -0.137. The first-order valence-electron chi connectivity index (χ1n) is 4.58. The molecule has 0 atom stereocenters. The zero-order valence-electron chi connectivity index (χ0n) is 8.23. The van der Waals surface area contributed by atoms with Crippen molar-refractivity contribution in [1.29, 1.82) is 0 Å². The van der Waals surface area contributed by atoms with Crippen LogP contribution in [0.2, 0.25) is 5.02 Å². The third kappa shape index (κ3) is 1.87. The lowest BCUT2D eigenvalue weighted by atomic mass is 10.2. The zero-order chi connectivity index (χ0) is 11.9. The van der Waals surface area contributed by atoms with Crippen LogP contribution in [-0.4, -0.2) is 4.98 Å². The number of oxazole rings is 1. The Morgan fingerprint density at radius 1 is 1.38 bits per heavy atom. The highest BCUT2D eigenvalue weighted by Gasteiger charge is 2.34. The van der Waals surface area contributed by atoms with E-state index >= 15 is 0 Å². The maximum absolute atomic E-state index is 12.5. The topological polar surface area (TPSA) is 26.0 Å². The molecular weight excluding hydrogens is 243 g/mol. The third-order valence-electron chi connectivity index (χ3n) is 2.13. The molecule has 0 fully saturated rings. The predicted molar refractivity (Wildman–Crippen MR) is 53.4 cm³/mol. The molecule has 1 aromatic heterocycles. The number of benzene rings is 1. The van der Waals surface area contributed by atoms with Crippen molar-refractivity contribution in [3.05, 3.63) is 28.6 Å². The van der Waals surface area contributed by atoms with Crippen LogP contribution in [0.4, 0.5) is 13.2 Å². The number of nitrogens with zero attached hydrogens (tertiary/aromatic N) is 1. The first kappa shape index (κ1) is 11.3. The van der Waals surface area contributed by atoms with Crippen LogP contribution in [0.3, 0.4) is 0 Å². The number of halogens is 4. The third-order valence-corrected chi connectivity index (χ3v) is 2.44. The van der Waals surface area contributed by atoms with Crippen molar-refractivity contribution in [3.63, 3.8) is 0 Å². The fourth-order valence-electron chi connectivity index (χ4n) is 1.37. The van der Waals surface area contributed by atoms with Crippen molar-refractivity contribution < 1.29 is 17.6 Å². The van der Waals surface area contributed by atoms with Crippen LogP contribution in [-0.2, 0) is 12.6 Å². The van der Waals surface area contributed by atoms with Crippen LogP contribution < -0.4 is 0 Å². The summed E-state index contributed by atoms with van der Waals surface area (Å²) in [7, 11) is 0. The van der Waals surface area contributed by atoms with Crippen LogP contribution in [0, 0.1) is 0 Å². The van der Waals surface area contributed by atoms with Gasteiger partial charge in [-0.15, -0.1) is 0 Å². The normalized spacial score (nSPS) is 12.3. The van der Waals surface area contributed by atoms with Gasteiger partial charge in [0.1, 0.15) is 5.52 Å². The zero-order valence-corrected chi connectivity index (χ0v) is 8.99. The van der Waals surface area contributed by atoms with Gasteiger partial charge in [-0.2, -0.15) is 13.2 Å². The smallest absolute Gasteiger partial charge is 0.417 e. The van der Waals surface area contributed by atoms with Gasteiger partial charge in [0, 0.05) is 12.5 Å². The number of aryl methyl sites for hydroxylation is 1. The highest BCUT2D eigenvalue weighted by molar-refractivity contribution is 6.32. The maximum atomic E-state index is 12.5. The van der Waals surface area contributed by atoms with Crippen molar-refractivity contribution in [2.45, 2.75) is 19.5 Å². The van der Waals surface area contributed by atoms with Crippen molar-refractivity contribution >= 4 is 22.7 Å². The highest BCUT2D eigenvalue weighted by atomic mass is 35.5. The summed E-state index contributed by atoms with van der Waals surface area (Å²) < 4.78 is 42.8. The summed E-state index contributed by atoms with van der Waals surface area (Å²) in [6.07, 6.45) is -3.95. The molecular formula is C10H7ClF3NO. The maximum Gasteiger partial charge on any atom is 0.417 e. The average molecular weight is 250 g/mol. The largest absolute Gasteiger partial charge is 0.441 e. The summed E-state index contributed by atoms with van der Waals surface area (Å²) in [5.41, 5.74) is -0.443. The summed E-state index contributed by atoms with van der Waals surface area (Å²) in [4.78, 5) is 3.92. The predicted octanol–water partition coefficient (Wildman–Crippen LogP) is 4.06. The Morgan fingerprint density at radius 3 is 2.62 bits per heavy atom. The van der Waals surface area contributed by atoms with E-state index in [0.717, 1.165) is 12.1 Å². The minimum Gasteiger partial charge on any atom is -0.441 e. The van der Waals surface area contributed by atoms with Gasteiger partial charge < -0.3 is 4.42 Å². The van der Waals surface area contributed by atoms with E-state index in [0.29, 0.717) is 12.3 Å². The molecule has 2 nitrogen and oxygen atoms in total. The molecule has 1 aromatic carbocycles. The Morgan fingerprint density at radius 2 is 2.06 bits per heavy atom. The van der Waals surface area contributed by atoms with E-state index in [4.69, 9.17) is 16.0 Å². The first-order chi connectivity index (χ1) is 7.41. The monoisotopic (exact) mass is 249 g/mol. The molecule has 0 saturated heterocycles. The van der Waals surface area contributed by atoms with Gasteiger partial charge in [-0.05, 0) is 6.07 Å². The molecule has 0 bridgehead atoms. The molecule has 2 rings (SSSR count). The molecule has 0 spiro atoms. The van der Waals surface area contributed by atoms with Gasteiger partial charge in [-0.1, -0.05) is 18.5 Å². The van der Waals surface area contributed by atoms with Crippen LogP contribution in [0.15, 0.2) is 16.5 Å². The number of aromatic nitrogens is 1. The Balaban J connectivity index is 2.66. The van der Waals surface area contributed by atoms with Gasteiger partial charge in [0.2, 0.25) is 0 Å². The number of hydrogen-bond acceptors (Lipinski definition) is 2. The SMILES string of the molecule is CCc1nc2cc(C(F)(F)F)c(Cl)cc2o1. The number of hydrogen-bond donors (Lipinski definition) is 0. The van der Waals surface area contributed by atoms with E-state index < -0.39 is 11.7 Å². The molecule has 6 heteroatoms. The minimum atomic E-state index is -4.48. The molecule has 16 heavy (non-hydrogen) atoms. The highest BCUT2D eigenvalue weighted by Crippen LogP contribution is 2.37. The fourth-order valence-corrected chi connectivity index (χ4v) is 1.63. The molecule has 0 aliphatic carbocycles. The van der Waals surface area contributed by atoms with Gasteiger partial charge in [-0.25, -0.2) is 4.98 Å². The van der Waals surface area contributed by atoms with E-state index in [1.54, 1.807) is 6.92 Å². The Labute approximate surface area is 94.0 Å². The Bertz CT molecular complexity index is 533. The lowest BCUT2D eigenvalue weighted by Crippen LogP contribution is -2.05. The second-order valence-corrected chi connectivity index (χ2v) is 3.67. The second-order valence-electron chi connectivity index (χ2n) is 3.26. The molecule has 0 saturated carbocycles. The summed E-state index contributed by atoms with van der Waals surface area (Å²) in [6.45, 7) is 1.80. The van der Waals surface area contributed by atoms with E-state index in [1.165, 1.54) is 0 Å². The quantitative estimate of drug-likeness (QED) is 0.762. The minimum absolute atomic E-state index is 0.175. The lowest BCUT2D eigenvalue weighted by Gasteiger charge is -2.07. The van der Waals surface area contributed by atoms with Gasteiger partial charge in [0.15, 0.2) is 11.5 Å². The van der Waals surface area contributed by atoms with Gasteiger partial charge in [0.25, 0.3) is 0 Å². The number of alkyl halides is 3. The fraction of sp³-hybridized carbons (Fsp3) is 0.300. The van der Waals surface area contributed by atoms with Gasteiger partial charge in [-0.3, -0.25) is 0 Å². The van der Waals surface area contributed by atoms with Crippen molar-refractivity contribution in [2.24, 2.45) is 0 Å². The van der Waals surface area contributed by atoms with E-state index in [2.05, 4.69) is 4.98 Å². The second kappa shape index (κ2) is 3.66. The molecule has 86 valence electrons. The molecule has 0 aliphatic rings. The van der Waals surface area contributed by atoms with Gasteiger partial charge >= 0.3 is 6.18 Å². The van der Waals surface area contributed by atoms with Crippen LogP contribution >= 0.6 is 11.6 Å². The van der Waals surface area contributed by atoms with Gasteiger partial charge in [0.05, 0.1) is 10.6 Å². The Hall–Kier alpha value is -1.23. The van der Waals surface area contributed by atoms with E-state index in [9.17, 15) is 13.2 Å². The van der Waals surface area contributed by atoms with Crippen molar-refractivity contribution in [1.82, 2.24) is 4.98 Å². The first-order valence-corrected chi connectivity index (χ1v) is 4.95. The summed E-state index contributed by atoms with van der Waals surface area (Å²) in [5, 5.41) is -0.376. The molecule has 0 radical (unpaired) electrons. The molecule has 0 aliphatic heterocycles. The van der Waals surface area contributed by atoms with E-state index in [-0.39, 0.29) is 16.1 Å². The molecule has 0 unspecified atom stereocenters. The molecule has 2 aromatic rings. The van der Waals surface area contributed by atoms with Crippen molar-refractivity contribution in [2.75, 3.05) is 0 Å². The number of fused-ring (bicyclic) bond motifs is 1. The average Bonchev–Trinajstić information content (AvgIpc) is 2.56. The molecule has 0 N–H and O–H groups in total. The van der Waals surface area contributed by atoms with Crippen LogP contribution in [0.1, 0.15) is 18.4 Å². The standard InChI is InChI=1S/C10H7ClF3NO/c1-2-9-15-7-3-5(10(12,13)14)6(11)4-8(7)16-9/h3-4H,2H2,1H3. The summed E-state index contributed by atoms with van der Waals surface area (Å²) >= 11 is 5.53. The van der Waals surface area contributed by atoms with Crippen molar-refractivity contribution in [3.8, 4) is 0 Å². The summed E-state index contributed by atoms with van der Waals surface area (Å²) in [5.74, 6) is 0.394. The van der Waals surface area contributed by atoms with Crippen LogP contribution in [0.25, 0.3) is 11.1 Å². The Kier molecular flexibility index (Phi) is 2.58. The van der Waals surface area contributed by atoms with E-state index in [1.807, 2.05) is 0 Å². The molecule has 1 heterocycles. The molecule has 0 amide bonds. The summed E-state index contributed by atoms with van der Waals surface area (Å²) in [6, 6.07) is 2.05. The van der Waals surface area contributed by atoms with Crippen LogP contribution in [0.5, 0.6) is 0 Å².